The van der Waals surface area contributed by atoms with E-state index in [-0.39, 0.29) is 41.1 Å². The first-order valence-electron chi connectivity index (χ1n) is 8.64. The molecular formula is C18H16N4O7S. The average molecular weight is 432 g/mol. The molecule has 30 heavy (non-hydrogen) atoms. The maximum absolute atomic E-state index is 12.1. The first-order valence-corrected chi connectivity index (χ1v) is 10.1. The van der Waals surface area contributed by atoms with Gasteiger partial charge in [-0.2, -0.15) is 0 Å². The summed E-state index contributed by atoms with van der Waals surface area (Å²) in [4.78, 5) is 22.3. The van der Waals surface area contributed by atoms with E-state index < -0.39 is 20.9 Å². The quantitative estimate of drug-likeness (QED) is 0.321. The number of benzene rings is 2. The Bertz CT molecular complexity index is 1160. The van der Waals surface area contributed by atoms with Crippen LogP contribution < -0.4 is 4.72 Å². The van der Waals surface area contributed by atoms with Gasteiger partial charge in [0.25, 0.3) is 11.6 Å². The number of carbonyl (C=O) groups excluding carboxylic acids is 1. The maximum atomic E-state index is 12.1. The fourth-order valence-corrected chi connectivity index (χ4v) is 3.45. The van der Waals surface area contributed by atoms with Crippen LogP contribution in [0.4, 0.5) is 5.69 Å². The summed E-state index contributed by atoms with van der Waals surface area (Å²) in [7, 11) is -3.61. The minimum atomic E-state index is -3.61. The molecule has 0 aliphatic carbocycles. The van der Waals surface area contributed by atoms with Crippen molar-refractivity contribution in [3.05, 3.63) is 70.1 Å². The molecule has 11 nitrogen and oxygen atoms in total. The number of esters is 1. The third-order valence-electron chi connectivity index (χ3n) is 3.85. The highest BCUT2D eigenvalue weighted by atomic mass is 32.2. The summed E-state index contributed by atoms with van der Waals surface area (Å²) in [6, 6.07) is 10.8. The van der Waals surface area contributed by atoms with Crippen LogP contribution in [0.1, 0.15) is 23.2 Å². The second kappa shape index (κ2) is 8.80. The Balaban J connectivity index is 1.62. The van der Waals surface area contributed by atoms with Gasteiger partial charge in [0.15, 0.2) is 6.61 Å². The second-order valence-electron chi connectivity index (χ2n) is 5.91. The average Bonchev–Trinajstić information content (AvgIpc) is 3.21. The number of nitrogens with zero attached hydrogens (tertiary/aromatic N) is 3. The highest BCUT2D eigenvalue weighted by Crippen LogP contribution is 2.21. The van der Waals surface area contributed by atoms with Crippen molar-refractivity contribution in [2.75, 3.05) is 6.54 Å². The van der Waals surface area contributed by atoms with E-state index in [1.807, 2.05) is 0 Å². The van der Waals surface area contributed by atoms with E-state index in [1.54, 1.807) is 6.92 Å². The van der Waals surface area contributed by atoms with Gasteiger partial charge < -0.3 is 9.15 Å². The maximum Gasteiger partial charge on any atom is 0.338 e. The van der Waals surface area contributed by atoms with Crippen molar-refractivity contribution < 1.29 is 27.3 Å². The molecule has 0 radical (unpaired) electrons. The van der Waals surface area contributed by atoms with Crippen molar-refractivity contribution in [2.24, 2.45) is 0 Å². The van der Waals surface area contributed by atoms with Crippen molar-refractivity contribution >= 4 is 21.7 Å². The highest BCUT2D eigenvalue weighted by Gasteiger charge is 2.16. The first-order chi connectivity index (χ1) is 14.3. The van der Waals surface area contributed by atoms with Crippen LogP contribution in [0, 0.1) is 10.1 Å². The third-order valence-corrected chi connectivity index (χ3v) is 5.41. The first kappa shape index (κ1) is 21.1. The second-order valence-corrected chi connectivity index (χ2v) is 7.67. The number of non-ortho nitro benzene ring substituents is 1. The van der Waals surface area contributed by atoms with Gasteiger partial charge in [-0.3, -0.25) is 10.1 Å². The molecule has 0 fully saturated rings. The Hall–Kier alpha value is -3.64. The van der Waals surface area contributed by atoms with Gasteiger partial charge >= 0.3 is 5.97 Å². The molecule has 0 amide bonds. The minimum Gasteiger partial charge on any atom is -0.452 e. The van der Waals surface area contributed by atoms with E-state index in [4.69, 9.17) is 9.15 Å². The molecule has 1 N–H and O–H groups in total. The molecule has 156 valence electrons. The van der Waals surface area contributed by atoms with Gasteiger partial charge in [0.2, 0.25) is 15.9 Å². The van der Waals surface area contributed by atoms with Crippen molar-refractivity contribution in [3.8, 4) is 11.5 Å². The number of ether oxygens (including phenoxy) is 1. The lowest BCUT2D eigenvalue weighted by molar-refractivity contribution is -0.384. The van der Waals surface area contributed by atoms with Gasteiger partial charge in [-0.05, 0) is 36.4 Å². The molecule has 0 saturated carbocycles. The van der Waals surface area contributed by atoms with Crippen molar-refractivity contribution in [2.45, 2.75) is 18.4 Å². The van der Waals surface area contributed by atoms with E-state index >= 15 is 0 Å². The number of nitro groups is 1. The summed E-state index contributed by atoms with van der Waals surface area (Å²) >= 11 is 0. The smallest absolute Gasteiger partial charge is 0.338 e. The van der Waals surface area contributed by atoms with Crippen LogP contribution in [0.2, 0.25) is 0 Å². The molecule has 0 unspecified atom stereocenters. The van der Waals surface area contributed by atoms with Crippen LogP contribution in [0.15, 0.2) is 57.8 Å². The molecule has 0 bridgehead atoms. The predicted octanol–water partition coefficient (Wildman–Crippen LogP) is 2.30. The molecule has 1 aromatic heterocycles. The molecule has 0 spiro atoms. The van der Waals surface area contributed by atoms with Crippen LogP contribution >= 0.6 is 0 Å². The lowest BCUT2D eigenvalue weighted by Gasteiger charge is -2.06. The number of carbonyl (C=O) groups is 1. The number of nitro benzene ring substituents is 1. The number of aromatic nitrogens is 2. The Morgan fingerprint density at radius 3 is 2.40 bits per heavy atom. The predicted molar refractivity (Wildman–Crippen MR) is 103 cm³/mol. The van der Waals surface area contributed by atoms with Gasteiger partial charge in [-0.15, -0.1) is 10.2 Å². The fourth-order valence-electron chi connectivity index (χ4n) is 2.41. The van der Waals surface area contributed by atoms with Crippen LogP contribution in [-0.4, -0.2) is 36.1 Å². The van der Waals surface area contributed by atoms with Crippen molar-refractivity contribution in [1.29, 1.82) is 0 Å². The fraction of sp³-hybridized carbons (Fsp3) is 0.167. The number of rotatable bonds is 8. The van der Waals surface area contributed by atoms with Gasteiger partial charge in [-0.1, -0.05) is 6.92 Å². The molecule has 2 aromatic carbocycles. The van der Waals surface area contributed by atoms with Crippen molar-refractivity contribution in [1.82, 2.24) is 14.9 Å². The zero-order chi connectivity index (χ0) is 21.7. The lowest BCUT2D eigenvalue weighted by atomic mass is 10.2. The molecule has 3 rings (SSSR count). The van der Waals surface area contributed by atoms with E-state index in [0.29, 0.717) is 5.56 Å². The molecule has 12 heteroatoms. The van der Waals surface area contributed by atoms with Gasteiger partial charge in [-0.25, -0.2) is 17.9 Å². The Kier molecular flexibility index (Phi) is 6.18. The third kappa shape index (κ3) is 4.85. The number of hydrogen-bond donors (Lipinski definition) is 1. The van der Waals surface area contributed by atoms with Gasteiger partial charge in [0, 0.05) is 24.2 Å². The highest BCUT2D eigenvalue weighted by molar-refractivity contribution is 7.89. The SMILES string of the molecule is CCNS(=O)(=O)c1ccc(C(=O)OCc2nnc(-c3ccc([N+](=O)[O-])cc3)o2)cc1. The molecule has 1 heterocycles. The van der Waals surface area contributed by atoms with Crippen LogP contribution in [0.3, 0.4) is 0 Å². The lowest BCUT2D eigenvalue weighted by Crippen LogP contribution is -2.23. The van der Waals surface area contributed by atoms with Crippen molar-refractivity contribution in [3.63, 3.8) is 0 Å². The topological polar surface area (TPSA) is 155 Å². The Morgan fingerprint density at radius 1 is 1.13 bits per heavy atom. The molecule has 0 atom stereocenters. The number of nitrogens with one attached hydrogen (secondary N) is 1. The zero-order valence-electron chi connectivity index (χ0n) is 15.6. The number of hydrogen-bond acceptors (Lipinski definition) is 9. The number of sulfonamides is 1. The molecule has 0 aliphatic rings. The summed E-state index contributed by atoms with van der Waals surface area (Å²) in [6.07, 6.45) is 0. The summed E-state index contributed by atoms with van der Waals surface area (Å²) in [5, 5.41) is 18.3. The zero-order valence-corrected chi connectivity index (χ0v) is 16.5. The van der Waals surface area contributed by atoms with E-state index in [0.717, 1.165) is 0 Å². The van der Waals surface area contributed by atoms with Crippen LogP contribution in [0.5, 0.6) is 0 Å². The summed E-state index contributed by atoms with van der Waals surface area (Å²) < 4.78 is 36.7. The molecular weight excluding hydrogens is 416 g/mol. The van der Waals surface area contributed by atoms with Gasteiger partial charge in [0.05, 0.1) is 15.4 Å². The normalized spacial score (nSPS) is 11.2. The van der Waals surface area contributed by atoms with E-state index in [2.05, 4.69) is 14.9 Å². The largest absolute Gasteiger partial charge is 0.452 e. The summed E-state index contributed by atoms with van der Waals surface area (Å²) in [5.41, 5.74) is 0.556. The monoisotopic (exact) mass is 432 g/mol. The van der Waals surface area contributed by atoms with E-state index in [1.165, 1.54) is 48.5 Å². The minimum absolute atomic E-state index is 0.0306. The standard InChI is InChI=1S/C18H16N4O7S/c1-2-19-30(26,27)15-9-5-13(6-10-15)18(23)28-11-16-20-21-17(29-16)12-3-7-14(8-4-12)22(24)25/h3-10,19H,2,11H2,1H3. The molecule has 0 saturated heterocycles. The molecule has 0 aliphatic heterocycles. The van der Waals surface area contributed by atoms with Crippen LogP contribution in [0.25, 0.3) is 11.5 Å². The van der Waals surface area contributed by atoms with Crippen LogP contribution in [-0.2, 0) is 21.4 Å². The summed E-state index contributed by atoms with van der Waals surface area (Å²) in [6.45, 7) is 1.61. The van der Waals surface area contributed by atoms with Gasteiger partial charge in [0.1, 0.15) is 0 Å². The van der Waals surface area contributed by atoms with E-state index in [9.17, 15) is 23.3 Å². The summed E-state index contributed by atoms with van der Waals surface area (Å²) in [5.74, 6) is -0.547. The Morgan fingerprint density at radius 2 is 1.80 bits per heavy atom. The molecule has 3 aromatic rings. The Labute approximate surface area is 170 Å².